The van der Waals surface area contributed by atoms with E-state index in [4.69, 9.17) is 4.74 Å². The summed E-state index contributed by atoms with van der Waals surface area (Å²) in [5.74, 6) is -0.0921. The van der Waals surface area contributed by atoms with E-state index in [0.717, 1.165) is 10.9 Å². The Bertz CT molecular complexity index is 730. The number of rotatable bonds is 3. The number of hydrogen-bond donors (Lipinski definition) is 2. The van der Waals surface area contributed by atoms with Gasteiger partial charge in [0.05, 0.1) is 12.1 Å². The molecule has 0 saturated carbocycles. The first kappa shape index (κ1) is 11.4. The number of esters is 1. The van der Waals surface area contributed by atoms with Crippen LogP contribution in [0.15, 0.2) is 24.3 Å². The van der Waals surface area contributed by atoms with Crippen LogP contribution in [0.4, 0.5) is 0 Å². The Hall–Kier alpha value is -2.70. The zero-order valence-electron chi connectivity index (χ0n) is 10.2. The number of fused-ring (bicyclic) bond motifs is 1. The molecular weight excluding hydrogens is 246 g/mol. The van der Waals surface area contributed by atoms with Crippen LogP contribution in [0.1, 0.15) is 17.5 Å². The van der Waals surface area contributed by atoms with Crippen molar-refractivity contribution in [2.45, 2.75) is 6.92 Å². The molecule has 96 valence electrons. The molecule has 7 heteroatoms. The minimum atomic E-state index is -0.527. The number of carbonyl (C=O) groups excluding carboxylic acids is 1. The molecule has 0 aliphatic carbocycles. The predicted molar refractivity (Wildman–Crippen MR) is 67.4 cm³/mol. The van der Waals surface area contributed by atoms with E-state index in [-0.39, 0.29) is 5.82 Å². The van der Waals surface area contributed by atoms with Gasteiger partial charge in [0.2, 0.25) is 11.6 Å². The lowest BCUT2D eigenvalue weighted by atomic mass is 10.2. The van der Waals surface area contributed by atoms with E-state index in [1.807, 2.05) is 24.3 Å². The SMILES string of the molecule is CCOC(=O)c1nc(-c2n[nH]c3ccccc23)n[nH]1. The highest BCUT2D eigenvalue weighted by Gasteiger charge is 2.17. The highest BCUT2D eigenvalue weighted by Crippen LogP contribution is 2.22. The van der Waals surface area contributed by atoms with Crippen molar-refractivity contribution in [1.82, 2.24) is 25.4 Å². The number of hydrogen-bond acceptors (Lipinski definition) is 5. The van der Waals surface area contributed by atoms with Crippen LogP contribution in [0.2, 0.25) is 0 Å². The van der Waals surface area contributed by atoms with E-state index in [9.17, 15) is 4.79 Å². The van der Waals surface area contributed by atoms with Crippen molar-refractivity contribution in [3.8, 4) is 11.5 Å². The first-order valence-electron chi connectivity index (χ1n) is 5.82. The number of aromatic amines is 2. The summed E-state index contributed by atoms with van der Waals surface area (Å²) in [5, 5.41) is 14.5. The molecule has 0 radical (unpaired) electrons. The third kappa shape index (κ3) is 1.95. The molecule has 19 heavy (non-hydrogen) atoms. The van der Waals surface area contributed by atoms with Gasteiger partial charge in [-0.2, -0.15) is 15.2 Å². The maximum atomic E-state index is 11.5. The van der Waals surface area contributed by atoms with E-state index in [0.29, 0.717) is 18.1 Å². The van der Waals surface area contributed by atoms with E-state index >= 15 is 0 Å². The second-order valence-corrected chi connectivity index (χ2v) is 3.85. The van der Waals surface area contributed by atoms with Crippen LogP contribution in [0, 0.1) is 0 Å². The molecule has 2 aromatic heterocycles. The zero-order valence-corrected chi connectivity index (χ0v) is 10.2. The molecule has 0 amide bonds. The number of H-pyrrole nitrogens is 2. The number of aromatic nitrogens is 5. The predicted octanol–water partition coefficient (Wildman–Crippen LogP) is 1.52. The normalized spacial score (nSPS) is 10.8. The second-order valence-electron chi connectivity index (χ2n) is 3.85. The third-order valence-electron chi connectivity index (χ3n) is 2.64. The van der Waals surface area contributed by atoms with Gasteiger partial charge < -0.3 is 4.74 Å². The minimum Gasteiger partial charge on any atom is -0.460 e. The summed E-state index contributed by atoms with van der Waals surface area (Å²) in [6.07, 6.45) is 0. The number of para-hydroxylation sites is 1. The minimum absolute atomic E-state index is 0.0731. The Balaban J connectivity index is 2.01. The summed E-state index contributed by atoms with van der Waals surface area (Å²) in [6, 6.07) is 7.63. The van der Waals surface area contributed by atoms with Crippen molar-refractivity contribution in [2.75, 3.05) is 6.61 Å². The highest BCUT2D eigenvalue weighted by molar-refractivity contribution is 5.92. The van der Waals surface area contributed by atoms with Crippen molar-refractivity contribution < 1.29 is 9.53 Å². The molecule has 0 atom stereocenters. The highest BCUT2D eigenvalue weighted by atomic mass is 16.5. The van der Waals surface area contributed by atoms with Gasteiger partial charge in [0.25, 0.3) is 0 Å². The lowest BCUT2D eigenvalue weighted by molar-refractivity contribution is 0.0512. The van der Waals surface area contributed by atoms with Gasteiger partial charge in [-0.15, -0.1) is 0 Å². The Labute approximate surface area is 108 Å². The van der Waals surface area contributed by atoms with Crippen molar-refractivity contribution in [2.24, 2.45) is 0 Å². The Kier molecular flexibility index (Phi) is 2.71. The average molecular weight is 257 g/mol. The molecule has 0 unspecified atom stereocenters. The molecule has 0 spiro atoms. The van der Waals surface area contributed by atoms with Gasteiger partial charge in [-0.05, 0) is 13.0 Å². The average Bonchev–Trinajstić information content (AvgIpc) is 3.05. The summed E-state index contributed by atoms with van der Waals surface area (Å²) >= 11 is 0. The van der Waals surface area contributed by atoms with Crippen LogP contribution in [-0.4, -0.2) is 38.0 Å². The smallest absolute Gasteiger partial charge is 0.375 e. The largest absolute Gasteiger partial charge is 0.460 e. The summed E-state index contributed by atoms with van der Waals surface area (Å²) in [6.45, 7) is 2.02. The zero-order chi connectivity index (χ0) is 13.2. The fourth-order valence-corrected chi connectivity index (χ4v) is 1.79. The fraction of sp³-hybridized carbons (Fsp3) is 0.167. The third-order valence-corrected chi connectivity index (χ3v) is 2.64. The van der Waals surface area contributed by atoms with Crippen molar-refractivity contribution in [3.63, 3.8) is 0 Å². The summed E-state index contributed by atoms with van der Waals surface area (Å²) in [4.78, 5) is 15.6. The molecular formula is C12H11N5O2. The van der Waals surface area contributed by atoms with Crippen LogP contribution in [0.3, 0.4) is 0 Å². The molecule has 0 fully saturated rings. The Morgan fingerprint density at radius 3 is 2.95 bits per heavy atom. The van der Waals surface area contributed by atoms with Crippen LogP contribution in [0.5, 0.6) is 0 Å². The molecule has 7 nitrogen and oxygen atoms in total. The molecule has 0 aliphatic heterocycles. The standard InChI is InChI=1S/C12H11N5O2/c1-2-19-12(18)11-13-10(16-17-11)9-7-5-3-4-6-8(7)14-15-9/h3-6H,2H2,1H3,(H,14,15)(H,13,16,17). The second kappa shape index (κ2) is 4.52. The number of nitrogens with one attached hydrogen (secondary N) is 2. The summed E-state index contributed by atoms with van der Waals surface area (Å²) in [5.41, 5.74) is 1.49. The lowest BCUT2D eigenvalue weighted by Gasteiger charge is -1.94. The monoisotopic (exact) mass is 257 g/mol. The summed E-state index contributed by atoms with van der Waals surface area (Å²) in [7, 11) is 0. The van der Waals surface area contributed by atoms with Gasteiger partial charge >= 0.3 is 5.97 Å². The van der Waals surface area contributed by atoms with E-state index in [1.165, 1.54) is 0 Å². The van der Waals surface area contributed by atoms with Crippen molar-refractivity contribution >= 4 is 16.9 Å². The Morgan fingerprint density at radius 2 is 2.11 bits per heavy atom. The topological polar surface area (TPSA) is 96.6 Å². The number of nitrogens with zero attached hydrogens (tertiary/aromatic N) is 3. The van der Waals surface area contributed by atoms with Crippen LogP contribution >= 0.6 is 0 Å². The first-order chi connectivity index (χ1) is 9.29. The first-order valence-corrected chi connectivity index (χ1v) is 5.82. The fourth-order valence-electron chi connectivity index (χ4n) is 1.79. The molecule has 3 rings (SSSR count). The van der Waals surface area contributed by atoms with Gasteiger partial charge in [0, 0.05) is 5.39 Å². The van der Waals surface area contributed by atoms with Crippen molar-refractivity contribution in [3.05, 3.63) is 30.1 Å². The molecule has 0 bridgehead atoms. The summed E-state index contributed by atoms with van der Waals surface area (Å²) < 4.78 is 4.85. The van der Waals surface area contributed by atoms with Gasteiger partial charge in [-0.1, -0.05) is 18.2 Å². The number of carbonyl (C=O) groups is 1. The quantitative estimate of drug-likeness (QED) is 0.693. The van der Waals surface area contributed by atoms with Gasteiger partial charge in [-0.3, -0.25) is 10.2 Å². The van der Waals surface area contributed by atoms with E-state index in [2.05, 4.69) is 25.4 Å². The maximum absolute atomic E-state index is 11.5. The molecule has 2 N–H and O–H groups in total. The maximum Gasteiger partial charge on any atom is 0.375 e. The number of benzene rings is 1. The van der Waals surface area contributed by atoms with E-state index in [1.54, 1.807) is 6.92 Å². The van der Waals surface area contributed by atoms with Gasteiger partial charge in [0.1, 0.15) is 5.69 Å². The lowest BCUT2D eigenvalue weighted by Crippen LogP contribution is -2.06. The molecule has 0 aliphatic rings. The van der Waals surface area contributed by atoms with Crippen LogP contribution in [0.25, 0.3) is 22.4 Å². The molecule has 2 heterocycles. The molecule has 0 saturated heterocycles. The van der Waals surface area contributed by atoms with Gasteiger partial charge in [0.15, 0.2) is 0 Å². The van der Waals surface area contributed by atoms with E-state index < -0.39 is 5.97 Å². The number of ether oxygens (including phenoxy) is 1. The Morgan fingerprint density at radius 1 is 1.26 bits per heavy atom. The van der Waals surface area contributed by atoms with Crippen molar-refractivity contribution in [1.29, 1.82) is 0 Å². The molecule has 3 aromatic rings. The molecule has 1 aromatic carbocycles. The van der Waals surface area contributed by atoms with Gasteiger partial charge in [-0.25, -0.2) is 4.79 Å². The van der Waals surface area contributed by atoms with Crippen LogP contribution < -0.4 is 0 Å². The van der Waals surface area contributed by atoms with Crippen LogP contribution in [-0.2, 0) is 4.74 Å².